The monoisotopic (exact) mass is 291 g/mol. The summed E-state index contributed by atoms with van der Waals surface area (Å²) < 4.78 is 2.07. The first-order valence-electron chi connectivity index (χ1n) is 7.99. The molecule has 0 amide bonds. The highest BCUT2D eigenvalue weighted by atomic mass is 16.4. The molecule has 1 saturated carbocycles. The van der Waals surface area contributed by atoms with E-state index in [4.69, 9.17) is 5.11 Å². The summed E-state index contributed by atoms with van der Waals surface area (Å²) in [5.74, 6) is -0.899. The highest BCUT2D eigenvalue weighted by Gasteiger charge is 2.21. The van der Waals surface area contributed by atoms with Crippen LogP contribution < -0.4 is 0 Å². The zero-order valence-corrected chi connectivity index (χ0v) is 13.0. The van der Waals surface area contributed by atoms with Gasteiger partial charge in [0.25, 0.3) is 0 Å². The molecular formula is C16H25N3O2. The largest absolute Gasteiger partial charge is 0.478 e. The van der Waals surface area contributed by atoms with Gasteiger partial charge in [0.1, 0.15) is 5.69 Å². The van der Waals surface area contributed by atoms with Gasteiger partial charge in [-0.3, -0.25) is 0 Å². The van der Waals surface area contributed by atoms with Crippen LogP contribution in [0.3, 0.4) is 0 Å². The van der Waals surface area contributed by atoms with Gasteiger partial charge in [0, 0.05) is 5.57 Å². The van der Waals surface area contributed by atoms with Gasteiger partial charge in [-0.1, -0.05) is 37.8 Å². The minimum absolute atomic E-state index is 0.309. The van der Waals surface area contributed by atoms with E-state index < -0.39 is 5.97 Å². The zero-order chi connectivity index (χ0) is 15.2. The van der Waals surface area contributed by atoms with Gasteiger partial charge < -0.3 is 5.11 Å². The fourth-order valence-corrected chi connectivity index (χ4v) is 2.91. The molecule has 5 nitrogen and oxygen atoms in total. The van der Waals surface area contributed by atoms with Crippen LogP contribution >= 0.6 is 0 Å². The maximum atomic E-state index is 11.0. The first-order chi connectivity index (χ1) is 10.1. The molecule has 5 heteroatoms. The van der Waals surface area contributed by atoms with Crippen molar-refractivity contribution in [1.82, 2.24) is 15.0 Å². The van der Waals surface area contributed by atoms with E-state index in [-0.39, 0.29) is 0 Å². The van der Waals surface area contributed by atoms with E-state index in [1.165, 1.54) is 19.3 Å². The molecule has 0 radical (unpaired) electrons. The Labute approximate surface area is 126 Å². The molecule has 116 valence electrons. The average molecular weight is 291 g/mol. The summed E-state index contributed by atoms with van der Waals surface area (Å²) in [6.45, 7) is 3.76. The molecule has 1 aliphatic rings. The normalized spacial score (nSPS) is 17.1. The van der Waals surface area contributed by atoms with Crippen LogP contribution in [0.2, 0.25) is 0 Å². The molecule has 0 atom stereocenters. The number of carbonyl (C=O) groups is 1. The summed E-state index contributed by atoms with van der Waals surface area (Å²) in [5.41, 5.74) is 2.14. The lowest BCUT2D eigenvalue weighted by atomic mass is 9.95. The second kappa shape index (κ2) is 7.38. The number of unbranched alkanes of at least 4 members (excludes halogenated alkanes) is 1. The number of aliphatic carboxylic acids is 1. The van der Waals surface area contributed by atoms with Gasteiger partial charge in [-0.15, -0.1) is 5.10 Å². The first-order valence-corrected chi connectivity index (χ1v) is 7.99. The van der Waals surface area contributed by atoms with E-state index in [1.54, 1.807) is 13.0 Å². The highest BCUT2D eigenvalue weighted by molar-refractivity contribution is 5.91. The molecule has 1 N–H and O–H groups in total. The van der Waals surface area contributed by atoms with Crippen LogP contribution in [0.5, 0.6) is 0 Å². The topological polar surface area (TPSA) is 68.0 Å². The fraction of sp³-hybridized carbons (Fsp3) is 0.688. The van der Waals surface area contributed by atoms with Crippen LogP contribution in [0.4, 0.5) is 0 Å². The zero-order valence-electron chi connectivity index (χ0n) is 13.0. The van der Waals surface area contributed by atoms with Crippen molar-refractivity contribution < 1.29 is 9.90 Å². The van der Waals surface area contributed by atoms with Crippen LogP contribution in [0.25, 0.3) is 6.08 Å². The quantitative estimate of drug-likeness (QED) is 0.813. The number of carboxylic acids is 1. The molecule has 2 rings (SSSR count). The van der Waals surface area contributed by atoms with Gasteiger partial charge in [-0.2, -0.15) is 0 Å². The number of carboxylic acid groups (broad SMARTS) is 1. The Kier molecular flexibility index (Phi) is 5.53. The maximum absolute atomic E-state index is 11.0. The predicted octanol–water partition coefficient (Wildman–Crippen LogP) is 3.61. The molecule has 0 saturated heterocycles. The van der Waals surface area contributed by atoms with Crippen molar-refractivity contribution in [2.75, 3.05) is 0 Å². The summed E-state index contributed by atoms with van der Waals surface area (Å²) in [5, 5.41) is 17.6. The third-order valence-corrected chi connectivity index (χ3v) is 4.20. The molecule has 1 aromatic rings. The molecule has 0 aromatic carbocycles. The number of hydrogen-bond acceptors (Lipinski definition) is 3. The Hall–Kier alpha value is -1.65. The standard InChI is InChI=1S/C16H25N3O2/c1-3-4-10-15-14(11-12(2)16(20)21)17-18-19(15)13-8-6-5-7-9-13/h11,13H,3-10H2,1-2H3,(H,20,21). The van der Waals surface area contributed by atoms with E-state index in [0.29, 0.717) is 11.6 Å². The van der Waals surface area contributed by atoms with E-state index in [2.05, 4.69) is 21.9 Å². The van der Waals surface area contributed by atoms with E-state index in [1.807, 2.05) is 0 Å². The van der Waals surface area contributed by atoms with Gasteiger partial charge in [-0.25, -0.2) is 9.48 Å². The molecule has 0 aliphatic heterocycles. The second-order valence-electron chi connectivity index (χ2n) is 5.89. The number of nitrogens with zero attached hydrogens (tertiary/aromatic N) is 3. The Morgan fingerprint density at radius 3 is 2.71 bits per heavy atom. The van der Waals surface area contributed by atoms with Crippen LogP contribution in [0, 0.1) is 0 Å². The molecule has 0 unspecified atom stereocenters. The highest BCUT2D eigenvalue weighted by Crippen LogP contribution is 2.29. The molecule has 0 bridgehead atoms. The summed E-state index contributed by atoms with van der Waals surface area (Å²) in [4.78, 5) is 11.0. The Morgan fingerprint density at radius 2 is 2.10 bits per heavy atom. The lowest BCUT2D eigenvalue weighted by Crippen LogP contribution is -2.17. The SMILES string of the molecule is CCCCc1c(C=C(C)C(=O)O)nnn1C1CCCCC1. The van der Waals surface area contributed by atoms with Crippen LogP contribution in [0.1, 0.15) is 76.2 Å². The summed E-state index contributed by atoms with van der Waals surface area (Å²) >= 11 is 0. The van der Waals surface area contributed by atoms with Gasteiger partial charge in [-0.05, 0) is 38.7 Å². The molecule has 1 aliphatic carbocycles. The molecule has 0 spiro atoms. The molecule has 1 fully saturated rings. The van der Waals surface area contributed by atoms with Crippen molar-refractivity contribution in [1.29, 1.82) is 0 Å². The summed E-state index contributed by atoms with van der Waals surface area (Å²) in [6, 6.07) is 0.436. The minimum atomic E-state index is -0.899. The molecular weight excluding hydrogens is 266 g/mol. The van der Waals surface area contributed by atoms with Gasteiger partial charge in [0.2, 0.25) is 0 Å². The van der Waals surface area contributed by atoms with Crippen LogP contribution in [-0.4, -0.2) is 26.1 Å². The van der Waals surface area contributed by atoms with Crippen LogP contribution in [-0.2, 0) is 11.2 Å². The van der Waals surface area contributed by atoms with Crippen molar-refractivity contribution in [3.05, 3.63) is 17.0 Å². The van der Waals surface area contributed by atoms with Crippen LogP contribution in [0.15, 0.2) is 5.57 Å². The third kappa shape index (κ3) is 3.93. The minimum Gasteiger partial charge on any atom is -0.478 e. The summed E-state index contributed by atoms with van der Waals surface area (Å²) in [7, 11) is 0. The smallest absolute Gasteiger partial charge is 0.331 e. The van der Waals surface area contributed by atoms with E-state index in [9.17, 15) is 4.79 Å². The predicted molar refractivity (Wildman–Crippen MR) is 82.0 cm³/mol. The second-order valence-corrected chi connectivity index (χ2v) is 5.89. The number of aromatic nitrogens is 3. The number of rotatable bonds is 6. The van der Waals surface area contributed by atoms with Crippen molar-refractivity contribution in [2.24, 2.45) is 0 Å². The fourth-order valence-electron chi connectivity index (χ4n) is 2.91. The average Bonchev–Trinajstić information content (AvgIpc) is 2.88. The molecule has 1 aromatic heterocycles. The van der Waals surface area contributed by atoms with Crippen molar-refractivity contribution >= 4 is 12.0 Å². The van der Waals surface area contributed by atoms with Gasteiger partial charge in [0.05, 0.1) is 11.7 Å². The lowest BCUT2D eigenvalue weighted by Gasteiger charge is -2.23. The van der Waals surface area contributed by atoms with Gasteiger partial charge in [0.15, 0.2) is 0 Å². The third-order valence-electron chi connectivity index (χ3n) is 4.20. The Balaban J connectivity index is 2.30. The molecule has 1 heterocycles. The van der Waals surface area contributed by atoms with Gasteiger partial charge >= 0.3 is 5.97 Å². The Morgan fingerprint density at radius 1 is 1.38 bits per heavy atom. The lowest BCUT2D eigenvalue weighted by molar-refractivity contribution is -0.132. The Bertz CT molecular complexity index is 514. The van der Waals surface area contributed by atoms with Crippen molar-refractivity contribution in [2.45, 2.75) is 71.3 Å². The van der Waals surface area contributed by atoms with Crippen molar-refractivity contribution in [3.8, 4) is 0 Å². The summed E-state index contributed by atoms with van der Waals surface area (Å²) in [6.07, 6.45) is 10.9. The number of hydrogen-bond donors (Lipinski definition) is 1. The van der Waals surface area contributed by atoms with Crippen molar-refractivity contribution in [3.63, 3.8) is 0 Å². The van der Waals surface area contributed by atoms with E-state index in [0.717, 1.165) is 43.5 Å². The molecule has 21 heavy (non-hydrogen) atoms. The maximum Gasteiger partial charge on any atom is 0.331 e. The van der Waals surface area contributed by atoms with E-state index >= 15 is 0 Å². The first kappa shape index (κ1) is 15.7.